The molecule has 1 aliphatic rings. The summed E-state index contributed by atoms with van der Waals surface area (Å²) in [7, 11) is 0. The molecule has 3 N–H and O–H groups in total. The van der Waals surface area contributed by atoms with Crippen LogP contribution in [0.4, 0.5) is 22.0 Å². The van der Waals surface area contributed by atoms with Crippen LogP contribution in [0.25, 0.3) is 0 Å². The van der Waals surface area contributed by atoms with E-state index in [9.17, 15) is 22.0 Å². The number of hydrogen-bond donors (Lipinski definition) is 2. The second kappa shape index (κ2) is 5.14. The highest BCUT2D eigenvalue weighted by Crippen LogP contribution is 2.33. The molecule has 0 aliphatic carbocycles. The summed E-state index contributed by atoms with van der Waals surface area (Å²) in [5.74, 6) is -4.99. The second-order valence-corrected chi connectivity index (χ2v) is 3.83. The van der Waals surface area contributed by atoms with Crippen molar-refractivity contribution in [2.75, 3.05) is 6.61 Å². The molecular weight excluding hydrogens is 271 g/mol. The van der Waals surface area contributed by atoms with Gasteiger partial charge in [0.15, 0.2) is 23.3 Å². The zero-order chi connectivity index (χ0) is 14.2. The number of nitrogens with one attached hydrogen (secondary N) is 1. The zero-order valence-corrected chi connectivity index (χ0v) is 9.44. The Morgan fingerprint density at radius 2 is 1.53 bits per heavy atom. The van der Waals surface area contributed by atoms with Gasteiger partial charge in [-0.25, -0.2) is 27.4 Å². The molecule has 8 heteroatoms. The van der Waals surface area contributed by atoms with Crippen LogP contribution in [0.1, 0.15) is 18.0 Å². The molecule has 1 atom stereocenters. The fourth-order valence-electron chi connectivity index (χ4n) is 1.82. The summed E-state index contributed by atoms with van der Waals surface area (Å²) < 4.78 is 71.3. The van der Waals surface area contributed by atoms with Crippen LogP contribution in [0.15, 0.2) is 11.8 Å². The fraction of sp³-hybridized carbons (Fsp3) is 0.273. The maximum atomic E-state index is 13.6. The molecule has 0 radical (unpaired) electrons. The molecule has 1 aromatic rings. The second-order valence-electron chi connectivity index (χ2n) is 3.83. The summed E-state index contributed by atoms with van der Waals surface area (Å²) >= 11 is 0. The predicted molar refractivity (Wildman–Crippen MR) is 54.9 cm³/mol. The molecule has 0 saturated carbocycles. The van der Waals surface area contributed by atoms with Gasteiger partial charge in [0.2, 0.25) is 5.82 Å². The SMILES string of the molecule is NNC(C1=CCCO1)c1c(F)c(F)c(F)c(F)c1F. The summed E-state index contributed by atoms with van der Waals surface area (Å²) in [6, 6.07) is -1.44. The van der Waals surface area contributed by atoms with Crippen LogP contribution in [-0.4, -0.2) is 6.61 Å². The molecule has 0 bridgehead atoms. The fourth-order valence-corrected chi connectivity index (χ4v) is 1.82. The number of benzene rings is 1. The van der Waals surface area contributed by atoms with Gasteiger partial charge in [0.05, 0.1) is 12.2 Å². The van der Waals surface area contributed by atoms with Crippen molar-refractivity contribution in [2.45, 2.75) is 12.5 Å². The van der Waals surface area contributed by atoms with Crippen molar-refractivity contribution in [3.05, 3.63) is 46.5 Å². The normalized spacial score (nSPS) is 16.2. The largest absolute Gasteiger partial charge is 0.496 e. The van der Waals surface area contributed by atoms with Crippen LogP contribution in [0, 0.1) is 29.1 Å². The Morgan fingerprint density at radius 1 is 1.00 bits per heavy atom. The summed E-state index contributed by atoms with van der Waals surface area (Å²) in [5, 5.41) is 0. The molecule has 19 heavy (non-hydrogen) atoms. The van der Waals surface area contributed by atoms with E-state index >= 15 is 0 Å². The Bertz CT molecular complexity index is 517. The van der Waals surface area contributed by atoms with E-state index in [0.29, 0.717) is 6.42 Å². The van der Waals surface area contributed by atoms with Gasteiger partial charge in [0.1, 0.15) is 11.8 Å². The van der Waals surface area contributed by atoms with Crippen molar-refractivity contribution >= 4 is 0 Å². The van der Waals surface area contributed by atoms with Gasteiger partial charge in [-0.1, -0.05) is 0 Å². The highest BCUT2D eigenvalue weighted by atomic mass is 19.2. The summed E-state index contributed by atoms with van der Waals surface area (Å²) in [6.07, 6.45) is 1.92. The lowest BCUT2D eigenvalue weighted by Crippen LogP contribution is -2.32. The molecule has 0 saturated heterocycles. The van der Waals surface area contributed by atoms with Gasteiger partial charge in [0, 0.05) is 6.42 Å². The molecular formula is C11H9F5N2O. The molecule has 0 aromatic heterocycles. The topological polar surface area (TPSA) is 47.3 Å². The highest BCUT2D eigenvalue weighted by Gasteiger charge is 2.33. The van der Waals surface area contributed by atoms with Gasteiger partial charge in [-0.05, 0) is 6.08 Å². The standard InChI is InChI=1S/C11H9F5N2O/c12-6-5(7(13)9(15)10(16)8(6)14)11(18-17)4-2-1-3-19-4/h2,11,18H,1,3,17H2. The molecule has 1 heterocycles. The first-order valence-corrected chi connectivity index (χ1v) is 5.29. The van der Waals surface area contributed by atoms with E-state index in [1.165, 1.54) is 6.08 Å². The van der Waals surface area contributed by atoms with E-state index in [4.69, 9.17) is 10.6 Å². The number of ether oxygens (including phenoxy) is 1. The van der Waals surface area contributed by atoms with Crippen LogP contribution < -0.4 is 11.3 Å². The van der Waals surface area contributed by atoms with Crippen molar-refractivity contribution in [1.82, 2.24) is 5.43 Å². The molecule has 3 nitrogen and oxygen atoms in total. The average molecular weight is 280 g/mol. The Hall–Kier alpha value is -1.67. The van der Waals surface area contributed by atoms with Gasteiger partial charge in [0.25, 0.3) is 0 Å². The number of hydrazine groups is 1. The molecule has 0 fully saturated rings. The number of halogens is 5. The van der Waals surface area contributed by atoms with E-state index in [1.807, 2.05) is 5.43 Å². The molecule has 0 amide bonds. The average Bonchev–Trinajstić information content (AvgIpc) is 2.93. The van der Waals surface area contributed by atoms with Crippen molar-refractivity contribution in [2.24, 2.45) is 5.84 Å². The third-order valence-corrected chi connectivity index (χ3v) is 2.72. The predicted octanol–water partition coefficient (Wildman–Crippen LogP) is 2.19. The van der Waals surface area contributed by atoms with Gasteiger partial charge in [-0.3, -0.25) is 5.84 Å². The molecule has 1 unspecified atom stereocenters. The van der Waals surface area contributed by atoms with Gasteiger partial charge < -0.3 is 4.74 Å². The Balaban J connectivity index is 2.60. The lowest BCUT2D eigenvalue weighted by molar-refractivity contribution is 0.211. The minimum atomic E-state index is -2.21. The van der Waals surface area contributed by atoms with Crippen LogP contribution >= 0.6 is 0 Å². The van der Waals surface area contributed by atoms with Gasteiger partial charge >= 0.3 is 0 Å². The van der Waals surface area contributed by atoms with Crippen molar-refractivity contribution < 1.29 is 26.7 Å². The highest BCUT2D eigenvalue weighted by molar-refractivity contribution is 5.32. The summed E-state index contributed by atoms with van der Waals surface area (Å²) in [6.45, 7) is 0.253. The molecule has 2 rings (SSSR count). The van der Waals surface area contributed by atoms with Crippen molar-refractivity contribution in [3.8, 4) is 0 Å². The third kappa shape index (κ3) is 2.17. The van der Waals surface area contributed by atoms with E-state index in [-0.39, 0.29) is 12.4 Å². The van der Waals surface area contributed by atoms with Crippen molar-refractivity contribution in [1.29, 1.82) is 0 Å². The Kier molecular flexibility index (Phi) is 3.72. The van der Waals surface area contributed by atoms with E-state index < -0.39 is 40.7 Å². The van der Waals surface area contributed by atoms with Crippen LogP contribution in [-0.2, 0) is 4.74 Å². The Morgan fingerprint density at radius 3 is 1.95 bits per heavy atom. The summed E-state index contributed by atoms with van der Waals surface area (Å²) in [5.41, 5.74) is 0.924. The van der Waals surface area contributed by atoms with Crippen LogP contribution in [0.3, 0.4) is 0 Å². The van der Waals surface area contributed by atoms with Crippen molar-refractivity contribution in [3.63, 3.8) is 0 Å². The van der Waals surface area contributed by atoms with Gasteiger partial charge in [-0.15, -0.1) is 0 Å². The van der Waals surface area contributed by atoms with E-state index in [0.717, 1.165) is 0 Å². The first-order valence-electron chi connectivity index (χ1n) is 5.29. The minimum absolute atomic E-state index is 0.0192. The third-order valence-electron chi connectivity index (χ3n) is 2.72. The molecule has 0 spiro atoms. The maximum absolute atomic E-state index is 13.6. The van der Waals surface area contributed by atoms with E-state index in [1.54, 1.807) is 0 Å². The number of rotatable bonds is 3. The number of nitrogens with two attached hydrogens (primary N) is 1. The van der Waals surface area contributed by atoms with Crippen LogP contribution in [0.2, 0.25) is 0 Å². The first kappa shape index (κ1) is 13.8. The molecule has 1 aromatic carbocycles. The molecule has 1 aliphatic heterocycles. The number of hydrogen-bond acceptors (Lipinski definition) is 3. The summed E-state index contributed by atoms with van der Waals surface area (Å²) in [4.78, 5) is 0. The quantitative estimate of drug-likeness (QED) is 0.293. The minimum Gasteiger partial charge on any atom is -0.496 e. The monoisotopic (exact) mass is 280 g/mol. The maximum Gasteiger partial charge on any atom is 0.200 e. The lowest BCUT2D eigenvalue weighted by atomic mass is 10.0. The molecule has 104 valence electrons. The van der Waals surface area contributed by atoms with E-state index in [2.05, 4.69) is 0 Å². The smallest absolute Gasteiger partial charge is 0.200 e. The zero-order valence-electron chi connectivity index (χ0n) is 9.44. The lowest BCUT2D eigenvalue weighted by Gasteiger charge is -2.19. The van der Waals surface area contributed by atoms with Gasteiger partial charge in [-0.2, -0.15) is 0 Å². The Labute approximate surface area is 104 Å². The van der Waals surface area contributed by atoms with Crippen LogP contribution in [0.5, 0.6) is 0 Å². The first-order chi connectivity index (χ1) is 8.99.